The molecule has 0 bridgehead atoms. The van der Waals surface area contributed by atoms with Crippen molar-refractivity contribution >= 4 is 11.6 Å². The SMILES string of the molecule is Cc1c(Cl)ncnc1-c1cncnc1. The molecular weight excluding hydrogens is 200 g/mol. The third-order valence-corrected chi connectivity index (χ3v) is 2.24. The predicted octanol–water partition coefficient (Wildman–Crippen LogP) is 1.90. The van der Waals surface area contributed by atoms with Crippen LogP contribution in [0, 0.1) is 6.92 Å². The highest BCUT2D eigenvalue weighted by Gasteiger charge is 2.06. The molecular formula is C9H7ClN4. The molecule has 5 heteroatoms. The number of rotatable bonds is 1. The smallest absolute Gasteiger partial charge is 0.135 e. The predicted molar refractivity (Wildman–Crippen MR) is 52.8 cm³/mol. The molecule has 0 spiro atoms. The van der Waals surface area contributed by atoms with Gasteiger partial charge in [-0.15, -0.1) is 0 Å². The summed E-state index contributed by atoms with van der Waals surface area (Å²) < 4.78 is 0. The summed E-state index contributed by atoms with van der Waals surface area (Å²) in [5, 5.41) is 0.457. The zero-order valence-electron chi connectivity index (χ0n) is 7.48. The molecule has 2 aromatic rings. The molecule has 0 aromatic carbocycles. The molecule has 0 atom stereocenters. The van der Waals surface area contributed by atoms with Crippen LogP contribution in [0.25, 0.3) is 11.3 Å². The first-order chi connectivity index (χ1) is 6.79. The molecule has 0 aliphatic heterocycles. The topological polar surface area (TPSA) is 51.6 Å². The quantitative estimate of drug-likeness (QED) is 0.669. The molecule has 0 aliphatic carbocycles. The van der Waals surface area contributed by atoms with Crippen molar-refractivity contribution in [3.8, 4) is 11.3 Å². The van der Waals surface area contributed by atoms with Crippen LogP contribution in [0.1, 0.15) is 5.56 Å². The van der Waals surface area contributed by atoms with E-state index in [4.69, 9.17) is 11.6 Å². The monoisotopic (exact) mass is 206 g/mol. The molecule has 4 nitrogen and oxygen atoms in total. The summed E-state index contributed by atoms with van der Waals surface area (Å²) >= 11 is 5.87. The van der Waals surface area contributed by atoms with Crippen LogP contribution in [-0.4, -0.2) is 19.9 Å². The highest BCUT2D eigenvalue weighted by Crippen LogP contribution is 2.22. The van der Waals surface area contributed by atoms with Gasteiger partial charge in [-0.3, -0.25) is 0 Å². The van der Waals surface area contributed by atoms with Crippen molar-refractivity contribution in [1.29, 1.82) is 0 Å². The number of halogens is 1. The molecule has 0 unspecified atom stereocenters. The van der Waals surface area contributed by atoms with E-state index in [1.807, 2.05) is 6.92 Å². The molecule has 0 aliphatic rings. The first-order valence-electron chi connectivity index (χ1n) is 4.01. The van der Waals surface area contributed by atoms with Crippen LogP contribution in [0.15, 0.2) is 25.0 Å². The summed E-state index contributed by atoms with van der Waals surface area (Å²) in [4.78, 5) is 15.8. The van der Waals surface area contributed by atoms with Gasteiger partial charge in [0.1, 0.15) is 17.8 Å². The Morgan fingerprint density at radius 2 is 1.79 bits per heavy atom. The van der Waals surface area contributed by atoms with Crippen molar-refractivity contribution in [3.05, 3.63) is 35.8 Å². The van der Waals surface area contributed by atoms with Crippen molar-refractivity contribution in [1.82, 2.24) is 19.9 Å². The molecule has 0 fully saturated rings. The van der Waals surface area contributed by atoms with Crippen LogP contribution in [0.4, 0.5) is 0 Å². The van der Waals surface area contributed by atoms with Gasteiger partial charge in [-0.05, 0) is 6.92 Å². The normalized spacial score (nSPS) is 10.1. The number of hydrogen-bond acceptors (Lipinski definition) is 4. The summed E-state index contributed by atoms with van der Waals surface area (Å²) in [6, 6.07) is 0. The molecule has 70 valence electrons. The zero-order valence-corrected chi connectivity index (χ0v) is 8.23. The second-order valence-electron chi connectivity index (χ2n) is 2.77. The van der Waals surface area contributed by atoms with Crippen LogP contribution >= 0.6 is 11.6 Å². The largest absolute Gasteiger partial charge is 0.244 e. The highest BCUT2D eigenvalue weighted by atomic mass is 35.5. The van der Waals surface area contributed by atoms with Gasteiger partial charge in [-0.1, -0.05) is 11.6 Å². The Bertz CT molecular complexity index is 444. The summed E-state index contributed by atoms with van der Waals surface area (Å²) in [6.45, 7) is 1.87. The third kappa shape index (κ3) is 1.56. The fourth-order valence-corrected chi connectivity index (χ4v) is 1.27. The van der Waals surface area contributed by atoms with E-state index in [9.17, 15) is 0 Å². The van der Waals surface area contributed by atoms with Crippen LogP contribution in [0.3, 0.4) is 0 Å². The fourth-order valence-electron chi connectivity index (χ4n) is 1.14. The molecule has 2 rings (SSSR count). The average molecular weight is 207 g/mol. The Labute approximate surface area is 86.0 Å². The Balaban J connectivity index is 2.58. The summed E-state index contributed by atoms with van der Waals surface area (Å²) in [7, 11) is 0. The van der Waals surface area contributed by atoms with E-state index in [-0.39, 0.29) is 0 Å². The number of nitrogens with zero attached hydrogens (tertiary/aromatic N) is 4. The molecule has 0 N–H and O–H groups in total. The van der Waals surface area contributed by atoms with Gasteiger partial charge in [0.15, 0.2) is 0 Å². The van der Waals surface area contributed by atoms with Crippen molar-refractivity contribution in [2.45, 2.75) is 6.92 Å². The van der Waals surface area contributed by atoms with Gasteiger partial charge in [0.05, 0.1) is 5.69 Å². The molecule has 14 heavy (non-hydrogen) atoms. The van der Waals surface area contributed by atoms with Crippen LogP contribution in [0.5, 0.6) is 0 Å². The highest BCUT2D eigenvalue weighted by molar-refractivity contribution is 6.30. The third-order valence-electron chi connectivity index (χ3n) is 1.86. The van der Waals surface area contributed by atoms with Gasteiger partial charge >= 0.3 is 0 Å². The minimum absolute atomic E-state index is 0.457. The lowest BCUT2D eigenvalue weighted by Gasteiger charge is -2.03. The van der Waals surface area contributed by atoms with Crippen molar-refractivity contribution in [2.24, 2.45) is 0 Å². The lowest BCUT2D eigenvalue weighted by molar-refractivity contribution is 1.11. The van der Waals surface area contributed by atoms with Crippen LogP contribution in [-0.2, 0) is 0 Å². The van der Waals surface area contributed by atoms with E-state index < -0.39 is 0 Å². The van der Waals surface area contributed by atoms with E-state index in [0.29, 0.717) is 5.15 Å². The first-order valence-corrected chi connectivity index (χ1v) is 4.39. The number of hydrogen-bond donors (Lipinski definition) is 0. The van der Waals surface area contributed by atoms with Gasteiger partial charge in [-0.25, -0.2) is 19.9 Å². The lowest BCUT2D eigenvalue weighted by atomic mass is 10.1. The average Bonchev–Trinajstić information content (AvgIpc) is 2.23. The van der Waals surface area contributed by atoms with Gasteiger partial charge in [0.25, 0.3) is 0 Å². The summed E-state index contributed by atoms with van der Waals surface area (Å²) in [5.74, 6) is 0. The minimum Gasteiger partial charge on any atom is -0.244 e. The second kappa shape index (κ2) is 3.67. The van der Waals surface area contributed by atoms with Gasteiger partial charge in [0.2, 0.25) is 0 Å². The Morgan fingerprint density at radius 1 is 1.07 bits per heavy atom. The molecule has 0 saturated heterocycles. The molecule has 0 radical (unpaired) electrons. The summed E-state index contributed by atoms with van der Waals surface area (Å²) in [5.41, 5.74) is 2.45. The minimum atomic E-state index is 0.457. The molecule has 0 saturated carbocycles. The maximum atomic E-state index is 5.87. The Hall–Kier alpha value is -1.55. The molecule has 0 amide bonds. The van der Waals surface area contributed by atoms with Crippen LogP contribution in [0.2, 0.25) is 5.15 Å². The van der Waals surface area contributed by atoms with E-state index in [0.717, 1.165) is 16.8 Å². The van der Waals surface area contributed by atoms with Crippen LogP contribution < -0.4 is 0 Å². The zero-order chi connectivity index (χ0) is 9.97. The maximum Gasteiger partial charge on any atom is 0.135 e. The van der Waals surface area contributed by atoms with Crippen molar-refractivity contribution < 1.29 is 0 Å². The Kier molecular flexibility index (Phi) is 2.37. The second-order valence-corrected chi connectivity index (χ2v) is 3.12. The first kappa shape index (κ1) is 9.02. The maximum absolute atomic E-state index is 5.87. The molecule has 2 heterocycles. The van der Waals surface area contributed by atoms with Crippen molar-refractivity contribution in [2.75, 3.05) is 0 Å². The van der Waals surface area contributed by atoms with E-state index in [2.05, 4.69) is 19.9 Å². The van der Waals surface area contributed by atoms with Crippen molar-refractivity contribution in [3.63, 3.8) is 0 Å². The number of aromatic nitrogens is 4. The lowest BCUT2D eigenvalue weighted by Crippen LogP contribution is -1.92. The Morgan fingerprint density at radius 3 is 2.50 bits per heavy atom. The van der Waals surface area contributed by atoms with E-state index in [1.165, 1.54) is 12.7 Å². The fraction of sp³-hybridized carbons (Fsp3) is 0.111. The standard InChI is InChI=1S/C9H7ClN4/c1-6-8(13-5-14-9(6)10)7-2-11-4-12-3-7/h2-5H,1H3. The summed E-state index contributed by atoms with van der Waals surface area (Å²) in [6.07, 6.45) is 6.29. The van der Waals surface area contributed by atoms with E-state index in [1.54, 1.807) is 12.4 Å². The van der Waals surface area contributed by atoms with Gasteiger partial charge < -0.3 is 0 Å². The van der Waals surface area contributed by atoms with E-state index >= 15 is 0 Å². The molecule has 2 aromatic heterocycles. The van der Waals surface area contributed by atoms with Gasteiger partial charge in [0, 0.05) is 23.5 Å². The van der Waals surface area contributed by atoms with Gasteiger partial charge in [-0.2, -0.15) is 0 Å².